The molecule has 4 unspecified atom stereocenters. The molecule has 0 saturated carbocycles. The molecule has 0 aromatic rings. The van der Waals surface area contributed by atoms with E-state index in [1.54, 1.807) is 13.8 Å². The van der Waals surface area contributed by atoms with Crippen molar-refractivity contribution in [2.45, 2.75) is 44.1 Å². The van der Waals surface area contributed by atoms with Gasteiger partial charge in [-0.15, -0.1) is 0 Å². The van der Waals surface area contributed by atoms with Crippen LogP contribution in [0.4, 0.5) is 0 Å². The molecule has 0 aromatic carbocycles. The number of aliphatic hydroxyl groups is 2. The van der Waals surface area contributed by atoms with Crippen molar-refractivity contribution in [1.29, 1.82) is 0 Å². The van der Waals surface area contributed by atoms with Gasteiger partial charge in [-0.05, 0) is 13.8 Å². The maximum absolute atomic E-state index is 9.74. The van der Waals surface area contributed by atoms with E-state index in [4.69, 9.17) is 14.2 Å². The molecule has 1 saturated heterocycles. The molecule has 0 radical (unpaired) electrons. The van der Waals surface area contributed by atoms with E-state index >= 15 is 0 Å². The van der Waals surface area contributed by atoms with Crippen molar-refractivity contribution >= 4 is 0 Å². The predicted octanol–water partition coefficient (Wildman–Crippen LogP) is -0.496. The van der Waals surface area contributed by atoms with Crippen LogP contribution in [0.1, 0.15) is 13.8 Å². The fourth-order valence-corrected chi connectivity index (χ4v) is 1.80. The third-order valence-corrected chi connectivity index (χ3v) is 2.53. The first-order valence-electron chi connectivity index (χ1n) is 4.53. The van der Waals surface area contributed by atoms with E-state index in [1.807, 2.05) is 0 Å². The second-order valence-electron chi connectivity index (χ2n) is 3.96. The van der Waals surface area contributed by atoms with Crippen LogP contribution in [0.5, 0.6) is 0 Å². The van der Waals surface area contributed by atoms with Gasteiger partial charge in [0, 0.05) is 14.2 Å². The van der Waals surface area contributed by atoms with E-state index in [0.29, 0.717) is 0 Å². The predicted molar refractivity (Wildman–Crippen MR) is 48.8 cm³/mol. The Kier molecular flexibility index (Phi) is 3.49. The molecule has 0 bridgehead atoms. The molecule has 4 atom stereocenters. The molecule has 1 aliphatic heterocycles. The summed E-state index contributed by atoms with van der Waals surface area (Å²) >= 11 is 0. The molecule has 0 aliphatic carbocycles. The lowest BCUT2D eigenvalue weighted by Crippen LogP contribution is -2.62. The zero-order valence-corrected chi connectivity index (χ0v) is 8.93. The maximum atomic E-state index is 9.74. The summed E-state index contributed by atoms with van der Waals surface area (Å²) in [5.41, 5.74) is -0.686. The van der Waals surface area contributed by atoms with Gasteiger partial charge in [-0.1, -0.05) is 0 Å². The highest BCUT2D eigenvalue weighted by Gasteiger charge is 2.49. The summed E-state index contributed by atoms with van der Waals surface area (Å²) in [6, 6.07) is 0. The molecule has 2 N–H and O–H groups in total. The first-order valence-corrected chi connectivity index (χ1v) is 4.53. The largest absolute Gasteiger partial charge is 0.387 e. The van der Waals surface area contributed by atoms with Crippen LogP contribution in [0.2, 0.25) is 0 Å². The minimum Gasteiger partial charge on any atom is -0.387 e. The van der Waals surface area contributed by atoms with Gasteiger partial charge in [-0.3, -0.25) is 0 Å². The molecule has 1 heterocycles. The molecule has 0 spiro atoms. The summed E-state index contributed by atoms with van der Waals surface area (Å²) in [6.45, 7) is 3.56. The Hall–Kier alpha value is -0.200. The summed E-state index contributed by atoms with van der Waals surface area (Å²) in [6.07, 6.45) is -3.47. The molecule has 14 heavy (non-hydrogen) atoms. The minimum absolute atomic E-state index is 0.566. The van der Waals surface area contributed by atoms with Gasteiger partial charge in [0.2, 0.25) is 0 Å². The molecule has 1 fully saturated rings. The molecule has 0 aromatic heterocycles. The molecular weight excluding hydrogens is 188 g/mol. The minimum atomic E-state index is -1.09. The lowest BCUT2D eigenvalue weighted by atomic mass is 9.90. The van der Waals surface area contributed by atoms with E-state index in [2.05, 4.69) is 0 Å². The summed E-state index contributed by atoms with van der Waals surface area (Å²) in [5, 5.41) is 19.3. The van der Waals surface area contributed by atoms with Gasteiger partial charge >= 0.3 is 0 Å². The Bertz CT molecular complexity index is 194. The van der Waals surface area contributed by atoms with Crippen molar-refractivity contribution in [1.82, 2.24) is 0 Å². The van der Waals surface area contributed by atoms with Crippen LogP contribution in [0, 0.1) is 0 Å². The average molecular weight is 206 g/mol. The Balaban J connectivity index is 2.83. The SMILES string of the molecule is COC1OC(C)(C)C(OC)C(O)C1O. The van der Waals surface area contributed by atoms with Crippen molar-refractivity contribution < 1.29 is 24.4 Å². The van der Waals surface area contributed by atoms with Crippen LogP contribution < -0.4 is 0 Å². The van der Waals surface area contributed by atoms with E-state index in [-0.39, 0.29) is 0 Å². The van der Waals surface area contributed by atoms with Gasteiger partial charge in [-0.2, -0.15) is 0 Å². The topological polar surface area (TPSA) is 68.2 Å². The Labute approximate surface area is 83.6 Å². The number of methoxy groups -OCH3 is 2. The third kappa shape index (κ3) is 1.92. The molecular formula is C9H18O5. The molecule has 5 nitrogen and oxygen atoms in total. The fourth-order valence-electron chi connectivity index (χ4n) is 1.80. The number of aliphatic hydroxyl groups excluding tert-OH is 2. The number of hydrogen-bond acceptors (Lipinski definition) is 5. The Morgan fingerprint density at radius 2 is 1.64 bits per heavy atom. The van der Waals surface area contributed by atoms with Crippen LogP contribution in [0.15, 0.2) is 0 Å². The first kappa shape index (κ1) is 11.9. The lowest BCUT2D eigenvalue weighted by molar-refractivity contribution is -0.320. The van der Waals surface area contributed by atoms with Gasteiger partial charge < -0.3 is 24.4 Å². The Morgan fingerprint density at radius 1 is 1.07 bits per heavy atom. The third-order valence-electron chi connectivity index (χ3n) is 2.53. The standard InChI is InChI=1S/C9H18O5/c1-9(2)7(12-3)5(10)6(11)8(13-4)14-9/h5-8,10-11H,1-4H3. The fraction of sp³-hybridized carbons (Fsp3) is 1.00. The number of rotatable bonds is 2. The first-order chi connectivity index (χ1) is 6.44. The molecule has 1 aliphatic rings. The van der Waals surface area contributed by atoms with Gasteiger partial charge in [-0.25, -0.2) is 0 Å². The quantitative estimate of drug-likeness (QED) is 0.638. The molecule has 0 amide bonds. The van der Waals surface area contributed by atoms with Crippen LogP contribution in [-0.4, -0.2) is 54.6 Å². The van der Waals surface area contributed by atoms with E-state index < -0.39 is 30.2 Å². The normalized spacial score (nSPS) is 42.4. The summed E-state index contributed by atoms with van der Waals surface area (Å²) in [5.74, 6) is 0. The number of ether oxygens (including phenoxy) is 3. The zero-order chi connectivity index (χ0) is 10.9. The second-order valence-corrected chi connectivity index (χ2v) is 3.96. The maximum Gasteiger partial charge on any atom is 0.186 e. The second kappa shape index (κ2) is 4.12. The van der Waals surface area contributed by atoms with Crippen molar-refractivity contribution in [2.75, 3.05) is 14.2 Å². The van der Waals surface area contributed by atoms with Gasteiger partial charge in [0.25, 0.3) is 0 Å². The number of hydrogen-bond donors (Lipinski definition) is 2. The smallest absolute Gasteiger partial charge is 0.186 e. The highest BCUT2D eigenvalue weighted by molar-refractivity contribution is 4.95. The van der Waals surface area contributed by atoms with E-state index in [0.717, 1.165) is 0 Å². The van der Waals surface area contributed by atoms with Crippen LogP contribution >= 0.6 is 0 Å². The van der Waals surface area contributed by atoms with Crippen molar-refractivity contribution in [3.63, 3.8) is 0 Å². The average Bonchev–Trinajstić information content (AvgIpc) is 2.12. The van der Waals surface area contributed by atoms with Gasteiger partial charge in [0.05, 0.1) is 5.60 Å². The summed E-state index contributed by atoms with van der Waals surface area (Å²) in [7, 11) is 2.89. The van der Waals surface area contributed by atoms with Crippen molar-refractivity contribution in [3.05, 3.63) is 0 Å². The lowest BCUT2D eigenvalue weighted by Gasteiger charge is -2.46. The molecule has 5 heteroatoms. The zero-order valence-electron chi connectivity index (χ0n) is 8.93. The van der Waals surface area contributed by atoms with E-state index in [9.17, 15) is 10.2 Å². The molecule has 1 rings (SSSR count). The van der Waals surface area contributed by atoms with Crippen molar-refractivity contribution in [3.8, 4) is 0 Å². The highest BCUT2D eigenvalue weighted by atomic mass is 16.7. The van der Waals surface area contributed by atoms with Crippen LogP contribution in [0.25, 0.3) is 0 Å². The van der Waals surface area contributed by atoms with Crippen LogP contribution in [0.3, 0.4) is 0 Å². The van der Waals surface area contributed by atoms with Crippen molar-refractivity contribution in [2.24, 2.45) is 0 Å². The van der Waals surface area contributed by atoms with Crippen LogP contribution in [-0.2, 0) is 14.2 Å². The van der Waals surface area contributed by atoms with E-state index in [1.165, 1.54) is 14.2 Å². The Morgan fingerprint density at radius 3 is 2.07 bits per heavy atom. The van der Waals surface area contributed by atoms with Gasteiger partial charge in [0.15, 0.2) is 6.29 Å². The molecule has 84 valence electrons. The van der Waals surface area contributed by atoms with Gasteiger partial charge in [0.1, 0.15) is 18.3 Å². The highest BCUT2D eigenvalue weighted by Crippen LogP contribution is 2.31. The summed E-state index contributed by atoms with van der Waals surface area (Å²) in [4.78, 5) is 0. The summed E-state index contributed by atoms with van der Waals surface area (Å²) < 4.78 is 15.5. The monoisotopic (exact) mass is 206 g/mol.